The zero-order valence-corrected chi connectivity index (χ0v) is 8.96. The third-order valence-electron chi connectivity index (χ3n) is 1.98. The van der Waals surface area contributed by atoms with E-state index in [0.717, 1.165) is 6.08 Å². The molecular weight excluding hydrogens is 240 g/mol. The molecule has 8 heteroatoms. The van der Waals surface area contributed by atoms with Crippen LogP contribution in [0.4, 0.5) is 0 Å². The Hall–Kier alpha value is -1.41. The molecule has 80 valence electrons. The monoisotopic (exact) mass is 246 g/mol. The minimum atomic E-state index is -1.81. The number of hydrogen-bond donors (Lipinski definition) is 1. The lowest BCUT2D eigenvalue weighted by Crippen LogP contribution is -2.45. The molecule has 0 saturated carbocycles. The number of carbonyl (C=O) groups is 1. The van der Waals surface area contributed by atoms with E-state index in [-0.39, 0.29) is 20.3 Å². The van der Waals surface area contributed by atoms with Crippen molar-refractivity contribution in [1.29, 1.82) is 0 Å². The van der Waals surface area contributed by atoms with E-state index in [2.05, 4.69) is 25.6 Å². The van der Waals surface area contributed by atoms with Crippen LogP contribution in [0.3, 0.4) is 0 Å². The number of carboxylic acid groups (broad SMARTS) is 1. The van der Waals surface area contributed by atoms with Crippen LogP contribution in [0, 0.1) is 9.81 Å². The molecule has 0 aromatic heterocycles. The minimum Gasteiger partial charge on any atom is -0.478 e. The molecule has 0 atom stereocenters. The van der Waals surface area contributed by atoms with E-state index in [1.165, 1.54) is 12.2 Å². The third kappa shape index (κ3) is 2.00. The Morgan fingerprint density at radius 2 is 1.93 bits per heavy atom. The zero-order valence-electron chi connectivity index (χ0n) is 7.32. The second-order valence-electron chi connectivity index (χ2n) is 2.90. The van der Waals surface area contributed by atoms with Gasteiger partial charge in [0, 0.05) is 9.81 Å². The van der Waals surface area contributed by atoms with E-state index in [4.69, 9.17) is 5.11 Å². The average molecular weight is 246 g/mol. The molecule has 0 spiro atoms. The summed E-state index contributed by atoms with van der Waals surface area (Å²) in [5.74, 6) is -1.25. The van der Waals surface area contributed by atoms with Crippen LogP contribution in [0.2, 0.25) is 0 Å². The summed E-state index contributed by atoms with van der Waals surface area (Å²) in [6.07, 6.45) is 3.59. The van der Waals surface area contributed by atoms with Gasteiger partial charge in [0.15, 0.2) is 0 Å². The molecule has 0 heterocycles. The van der Waals surface area contributed by atoms with E-state index in [1.807, 2.05) is 0 Å². The van der Waals surface area contributed by atoms with Crippen LogP contribution < -0.4 is 0 Å². The lowest BCUT2D eigenvalue weighted by molar-refractivity contribution is -0.691. The summed E-state index contributed by atoms with van der Waals surface area (Å²) in [4.78, 5) is 32.8. The van der Waals surface area contributed by atoms with Crippen LogP contribution in [0.15, 0.2) is 23.8 Å². The molecule has 15 heavy (non-hydrogen) atoms. The van der Waals surface area contributed by atoms with Gasteiger partial charge in [-0.25, -0.2) is 4.79 Å². The Kier molecular flexibility index (Phi) is 3.10. The van der Waals surface area contributed by atoms with Gasteiger partial charge in [0.1, 0.15) is 6.42 Å². The van der Waals surface area contributed by atoms with Crippen molar-refractivity contribution in [3.8, 4) is 0 Å². The van der Waals surface area contributed by atoms with Crippen molar-refractivity contribution in [2.45, 2.75) is 12.1 Å². The summed E-state index contributed by atoms with van der Waals surface area (Å²) in [6.45, 7) is 0. The Morgan fingerprint density at radius 3 is 2.33 bits per heavy atom. The molecule has 6 nitrogen and oxygen atoms in total. The van der Waals surface area contributed by atoms with Gasteiger partial charge in [-0.15, -0.1) is 0 Å². The Balaban J connectivity index is 3.25. The van der Waals surface area contributed by atoms with Crippen LogP contribution in [-0.2, 0) is 30.4 Å². The third-order valence-corrected chi connectivity index (χ3v) is 2.61. The molecule has 1 aliphatic carbocycles. The number of rotatable bonds is 3. The summed E-state index contributed by atoms with van der Waals surface area (Å²) in [5.41, 5.74) is -2.00. The highest BCUT2D eigenvalue weighted by atomic mass is 32.1. The van der Waals surface area contributed by atoms with E-state index >= 15 is 0 Å². The molecule has 1 N–H and O–H groups in total. The smallest absolute Gasteiger partial charge is 0.431 e. The van der Waals surface area contributed by atoms with E-state index in [1.54, 1.807) is 0 Å². The maximum Gasteiger partial charge on any atom is 0.431 e. The van der Waals surface area contributed by atoms with E-state index < -0.39 is 11.6 Å². The van der Waals surface area contributed by atoms with E-state index in [0.29, 0.717) is 0 Å². The molecular formula is C7H6N2O4S2. The molecule has 0 radical (unpaired) electrons. The standard InChI is InChI=1S/C7H6N2O4S2/c10-6(11)5-2-1-3-7(4-5,8(12)14)9(13)15/h1-2,4H,3H2,(H,10,11). The number of carboxylic acids is 1. The summed E-state index contributed by atoms with van der Waals surface area (Å²) in [7, 11) is 0. The first-order valence-electron chi connectivity index (χ1n) is 3.82. The van der Waals surface area contributed by atoms with Gasteiger partial charge in [-0.05, 0) is 8.33 Å². The van der Waals surface area contributed by atoms with Crippen LogP contribution in [0.1, 0.15) is 6.42 Å². The first kappa shape index (κ1) is 11.7. The van der Waals surface area contributed by atoms with Gasteiger partial charge >= 0.3 is 11.6 Å². The minimum absolute atomic E-state index is 0.0379. The van der Waals surface area contributed by atoms with Crippen molar-refractivity contribution in [3.05, 3.63) is 33.6 Å². The molecule has 0 bridgehead atoms. The lowest BCUT2D eigenvalue weighted by Gasteiger charge is -2.19. The van der Waals surface area contributed by atoms with Gasteiger partial charge in [-0.1, -0.05) is 12.2 Å². The van der Waals surface area contributed by atoms with Crippen LogP contribution >= 0.6 is 0 Å². The highest BCUT2D eigenvalue weighted by molar-refractivity contribution is 7.52. The maximum atomic E-state index is 11.1. The summed E-state index contributed by atoms with van der Waals surface area (Å²) >= 11 is 8.65. The fraction of sp³-hybridized carbons (Fsp3) is 0.286. The second-order valence-corrected chi connectivity index (χ2v) is 3.57. The van der Waals surface area contributed by atoms with E-state index in [9.17, 15) is 14.6 Å². The highest BCUT2D eigenvalue weighted by Crippen LogP contribution is 2.25. The fourth-order valence-electron chi connectivity index (χ4n) is 1.17. The SMILES string of the molecule is O=C(O)C1=CC([N+](=O)[S-])([N+](=O)[S-])CC=C1. The molecule has 0 unspecified atom stereocenters. The largest absolute Gasteiger partial charge is 0.478 e. The van der Waals surface area contributed by atoms with Crippen molar-refractivity contribution in [2.75, 3.05) is 0 Å². The summed E-state index contributed by atoms with van der Waals surface area (Å²) in [6, 6.07) is 0. The molecule has 1 rings (SSSR count). The molecule has 1 aliphatic rings. The molecule has 0 aromatic carbocycles. The fourth-order valence-corrected chi connectivity index (χ4v) is 1.62. The molecule has 0 amide bonds. The molecule has 0 aliphatic heterocycles. The lowest BCUT2D eigenvalue weighted by atomic mass is 9.98. The highest BCUT2D eigenvalue weighted by Gasteiger charge is 2.49. The number of nitrogens with zero attached hydrogens (tertiary/aromatic N) is 2. The second kappa shape index (κ2) is 3.99. The number of hydrogen-bond acceptors (Lipinski definition) is 5. The number of aliphatic carboxylic acids is 1. The quantitative estimate of drug-likeness (QED) is 0.433. The average Bonchev–Trinajstić information content (AvgIpc) is 2.17. The molecule has 0 aromatic rings. The Bertz CT molecular complexity index is 388. The van der Waals surface area contributed by atoms with Gasteiger partial charge in [0.25, 0.3) is 0 Å². The summed E-state index contributed by atoms with van der Waals surface area (Å²) < 4.78 is -0.112. The first-order chi connectivity index (χ1) is 6.90. The van der Waals surface area contributed by atoms with Gasteiger partial charge in [-0.2, -0.15) is 0 Å². The van der Waals surface area contributed by atoms with Gasteiger partial charge in [-0.3, -0.25) is 0 Å². The topological polar surface area (TPSA) is 77.5 Å². The van der Waals surface area contributed by atoms with Crippen LogP contribution in [0.5, 0.6) is 0 Å². The van der Waals surface area contributed by atoms with Crippen molar-refractivity contribution in [1.82, 2.24) is 0 Å². The van der Waals surface area contributed by atoms with Crippen molar-refractivity contribution >= 4 is 31.6 Å². The Morgan fingerprint density at radius 1 is 1.40 bits per heavy atom. The van der Waals surface area contributed by atoms with Gasteiger partial charge in [0.05, 0.1) is 11.6 Å². The van der Waals surface area contributed by atoms with Gasteiger partial charge in [0.2, 0.25) is 0 Å². The predicted octanol–water partition coefficient (Wildman–Crippen LogP) is 0.135. The maximum absolute atomic E-state index is 11.1. The molecule has 0 saturated heterocycles. The van der Waals surface area contributed by atoms with Crippen molar-refractivity contribution < 1.29 is 18.2 Å². The first-order valence-corrected chi connectivity index (χ1v) is 4.55. The van der Waals surface area contributed by atoms with Crippen molar-refractivity contribution in [2.24, 2.45) is 0 Å². The normalized spacial score (nSPS) is 18.0. The zero-order chi connectivity index (χ0) is 11.6. The van der Waals surface area contributed by atoms with Gasteiger partial charge < -0.3 is 30.7 Å². The van der Waals surface area contributed by atoms with Crippen LogP contribution in [0.25, 0.3) is 0 Å². The summed E-state index contributed by atoms with van der Waals surface area (Å²) in [5, 5.41) is 8.71. The number of nitroso groups, excluding NO2 is 2. The Labute approximate surface area is 95.9 Å². The van der Waals surface area contributed by atoms with Crippen molar-refractivity contribution in [3.63, 3.8) is 0 Å². The predicted molar refractivity (Wildman–Crippen MR) is 54.2 cm³/mol. The van der Waals surface area contributed by atoms with Crippen LogP contribution in [-0.4, -0.2) is 25.1 Å². The molecule has 0 fully saturated rings.